The van der Waals surface area contributed by atoms with Gasteiger partial charge in [0.05, 0.1) is 24.0 Å². The first-order valence-electron chi connectivity index (χ1n) is 5.59. The second kappa shape index (κ2) is 6.07. The van der Waals surface area contributed by atoms with Crippen LogP contribution in [0.2, 0.25) is 5.15 Å². The van der Waals surface area contributed by atoms with E-state index >= 15 is 0 Å². The molecule has 2 aromatic rings. The number of carbonyl (C=O) groups excluding carboxylic acids is 1. The van der Waals surface area contributed by atoms with E-state index in [1.54, 1.807) is 11.3 Å². The van der Waals surface area contributed by atoms with Crippen molar-refractivity contribution in [3.63, 3.8) is 0 Å². The van der Waals surface area contributed by atoms with Gasteiger partial charge < -0.3 is 4.74 Å². The Kier molecular flexibility index (Phi) is 4.65. The Morgan fingerprint density at radius 3 is 2.84 bits per heavy atom. The highest BCUT2D eigenvalue weighted by atomic mass is 35.5. The molecule has 0 bridgehead atoms. The zero-order chi connectivity index (χ0) is 14.0. The van der Waals surface area contributed by atoms with E-state index in [9.17, 15) is 4.79 Å². The zero-order valence-corrected chi connectivity index (χ0v) is 13.2. The first-order valence-corrected chi connectivity index (χ1v) is 7.94. The van der Waals surface area contributed by atoms with E-state index in [0.717, 1.165) is 15.8 Å². The van der Waals surface area contributed by atoms with E-state index in [1.807, 2.05) is 13.8 Å². The molecule has 0 fully saturated rings. The minimum absolute atomic E-state index is 0.250. The lowest BCUT2D eigenvalue weighted by Crippen LogP contribution is -2.04. The lowest BCUT2D eigenvalue weighted by Gasteiger charge is -2.02. The molecule has 0 aliphatic rings. The van der Waals surface area contributed by atoms with Crippen LogP contribution >= 0.6 is 34.7 Å². The van der Waals surface area contributed by atoms with Crippen LogP contribution in [0.3, 0.4) is 0 Å². The number of halogens is 1. The molecule has 102 valence electrons. The monoisotopic (exact) mass is 316 g/mol. The van der Waals surface area contributed by atoms with Crippen LogP contribution in [-0.4, -0.2) is 28.8 Å². The van der Waals surface area contributed by atoms with E-state index in [-0.39, 0.29) is 11.7 Å². The first-order chi connectivity index (χ1) is 9.02. The number of rotatable bonds is 4. The number of thiophene rings is 1. The van der Waals surface area contributed by atoms with Crippen molar-refractivity contribution in [1.82, 2.24) is 9.97 Å². The van der Waals surface area contributed by atoms with Crippen LogP contribution in [0, 0.1) is 13.8 Å². The van der Waals surface area contributed by atoms with E-state index in [4.69, 9.17) is 11.6 Å². The lowest BCUT2D eigenvalue weighted by atomic mass is 10.2. The number of hydrogen-bond acceptors (Lipinski definition) is 6. The number of esters is 1. The number of methoxy groups -OCH3 is 1. The molecule has 0 aliphatic heterocycles. The number of aryl methyl sites for hydroxylation is 2. The molecule has 0 aliphatic carbocycles. The summed E-state index contributed by atoms with van der Waals surface area (Å²) in [5.74, 6) is 1.23. The van der Waals surface area contributed by atoms with Crippen molar-refractivity contribution in [2.45, 2.75) is 19.6 Å². The topological polar surface area (TPSA) is 52.1 Å². The van der Waals surface area contributed by atoms with E-state index in [0.29, 0.717) is 16.7 Å². The number of hydrogen-bond donors (Lipinski definition) is 0. The molecule has 2 heterocycles. The van der Waals surface area contributed by atoms with Crippen molar-refractivity contribution in [1.29, 1.82) is 0 Å². The number of aromatic nitrogens is 2. The quantitative estimate of drug-likeness (QED) is 0.639. The van der Waals surface area contributed by atoms with E-state index < -0.39 is 0 Å². The summed E-state index contributed by atoms with van der Waals surface area (Å²) in [5, 5.41) is 1.42. The summed E-state index contributed by atoms with van der Waals surface area (Å²) in [6.45, 7) is 4.07. The highest BCUT2D eigenvalue weighted by Crippen LogP contribution is 2.33. The van der Waals surface area contributed by atoms with Gasteiger partial charge in [-0.1, -0.05) is 11.6 Å². The van der Waals surface area contributed by atoms with Crippen LogP contribution in [0.5, 0.6) is 0 Å². The summed E-state index contributed by atoms with van der Waals surface area (Å²) < 4.78 is 4.58. The highest BCUT2D eigenvalue weighted by Gasteiger charge is 2.13. The summed E-state index contributed by atoms with van der Waals surface area (Å²) in [5.41, 5.74) is 1.14. The Hall–Kier alpha value is -0.850. The molecular weight excluding hydrogens is 304 g/mol. The molecule has 0 spiro atoms. The minimum Gasteiger partial charge on any atom is -0.468 e. The Labute approximate surface area is 124 Å². The maximum absolute atomic E-state index is 11.0. The summed E-state index contributed by atoms with van der Waals surface area (Å²) in [6.07, 6.45) is 0. The fourth-order valence-corrected chi connectivity index (χ4v) is 3.72. The van der Waals surface area contributed by atoms with Crippen LogP contribution in [0.25, 0.3) is 10.2 Å². The standard InChI is InChI=1S/C12H13ClN2O2S2/c1-6-7(2)19-12-10(6)11(13)14-8(15-12)4-18-5-9(16)17-3/h4-5H2,1-3H3. The predicted octanol–water partition coefficient (Wildman–Crippen LogP) is 3.37. The largest absolute Gasteiger partial charge is 0.468 e. The molecule has 0 radical (unpaired) electrons. The normalized spacial score (nSPS) is 10.9. The van der Waals surface area contributed by atoms with Crippen LogP contribution in [-0.2, 0) is 15.3 Å². The van der Waals surface area contributed by atoms with Gasteiger partial charge >= 0.3 is 5.97 Å². The van der Waals surface area contributed by atoms with Crippen molar-refractivity contribution in [2.24, 2.45) is 0 Å². The summed E-state index contributed by atoms with van der Waals surface area (Å²) in [4.78, 5) is 21.9. The van der Waals surface area contributed by atoms with Crippen LogP contribution < -0.4 is 0 Å². The van der Waals surface area contributed by atoms with E-state index in [2.05, 4.69) is 14.7 Å². The molecule has 4 nitrogen and oxygen atoms in total. The Balaban J connectivity index is 2.19. The predicted molar refractivity (Wildman–Crippen MR) is 80.1 cm³/mol. The van der Waals surface area contributed by atoms with Gasteiger partial charge in [-0.2, -0.15) is 0 Å². The van der Waals surface area contributed by atoms with Gasteiger partial charge in [-0.05, 0) is 19.4 Å². The molecule has 0 saturated heterocycles. The molecule has 0 atom stereocenters. The second-order valence-electron chi connectivity index (χ2n) is 3.96. The average molecular weight is 317 g/mol. The third-order valence-corrected chi connectivity index (χ3v) is 4.99. The first kappa shape index (κ1) is 14.6. The lowest BCUT2D eigenvalue weighted by molar-refractivity contribution is -0.137. The maximum Gasteiger partial charge on any atom is 0.315 e. The molecule has 7 heteroatoms. The molecule has 0 aromatic carbocycles. The molecule has 0 unspecified atom stereocenters. The van der Waals surface area contributed by atoms with Crippen molar-refractivity contribution >= 4 is 50.9 Å². The molecule has 0 amide bonds. The van der Waals surface area contributed by atoms with Crippen molar-refractivity contribution in [3.8, 4) is 0 Å². The van der Waals surface area contributed by atoms with E-state index in [1.165, 1.54) is 23.7 Å². The molecule has 2 aromatic heterocycles. The Bertz CT molecular complexity index is 628. The van der Waals surface area contributed by atoms with Gasteiger partial charge in [0, 0.05) is 4.88 Å². The van der Waals surface area contributed by atoms with Gasteiger partial charge in [0.25, 0.3) is 0 Å². The van der Waals surface area contributed by atoms with Gasteiger partial charge in [0.15, 0.2) is 0 Å². The summed E-state index contributed by atoms with van der Waals surface area (Å²) in [6, 6.07) is 0. The van der Waals surface area contributed by atoms with Gasteiger partial charge in [-0.25, -0.2) is 9.97 Å². The minimum atomic E-state index is -0.250. The summed E-state index contributed by atoms with van der Waals surface area (Å²) >= 11 is 9.23. The third kappa shape index (κ3) is 3.19. The van der Waals surface area contributed by atoms with Gasteiger partial charge in [0.1, 0.15) is 15.8 Å². The van der Waals surface area contributed by atoms with Gasteiger partial charge in [0.2, 0.25) is 0 Å². The summed E-state index contributed by atoms with van der Waals surface area (Å²) in [7, 11) is 1.37. The number of ether oxygens (including phenoxy) is 1. The Morgan fingerprint density at radius 2 is 2.16 bits per heavy atom. The van der Waals surface area contributed by atoms with Gasteiger partial charge in [-0.15, -0.1) is 23.1 Å². The molecule has 0 N–H and O–H groups in total. The number of nitrogens with zero attached hydrogens (tertiary/aromatic N) is 2. The number of fused-ring (bicyclic) bond motifs is 1. The zero-order valence-electron chi connectivity index (χ0n) is 10.8. The average Bonchev–Trinajstić information content (AvgIpc) is 2.65. The van der Waals surface area contributed by atoms with Crippen LogP contribution in [0.15, 0.2) is 0 Å². The molecular formula is C12H13ClN2O2S2. The fraction of sp³-hybridized carbons (Fsp3) is 0.417. The van der Waals surface area contributed by atoms with Crippen LogP contribution in [0.1, 0.15) is 16.3 Å². The SMILES string of the molecule is COC(=O)CSCc1nc(Cl)c2c(C)c(C)sc2n1. The molecule has 2 rings (SSSR count). The third-order valence-electron chi connectivity index (χ3n) is 2.71. The smallest absolute Gasteiger partial charge is 0.315 e. The van der Waals surface area contributed by atoms with Crippen molar-refractivity contribution < 1.29 is 9.53 Å². The number of thioether (sulfide) groups is 1. The van der Waals surface area contributed by atoms with Crippen molar-refractivity contribution in [2.75, 3.05) is 12.9 Å². The Morgan fingerprint density at radius 1 is 1.42 bits per heavy atom. The highest BCUT2D eigenvalue weighted by molar-refractivity contribution is 7.99. The fourth-order valence-electron chi connectivity index (χ4n) is 1.59. The molecule has 19 heavy (non-hydrogen) atoms. The maximum atomic E-state index is 11.0. The molecule has 0 saturated carbocycles. The van der Waals surface area contributed by atoms with Crippen LogP contribution in [0.4, 0.5) is 0 Å². The number of carbonyl (C=O) groups is 1. The second-order valence-corrected chi connectivity index (χ2v) is 6.51. The van der Waals surface area contributed by atoms with Gasteiger partial charge in [-0.3, -0.25) is 4.79 Å². The van der Waals surface area contributed by atoms with Crippen molar-refractivity contribution in [3.05, 3.63) is 21.4 Å².